The van der Waals surface area contributed by atoms with Crippen LogP contribution in [0, 0.1) is 29.1 Å². The molecular weight excluding hydrogens is 757 g/mol. The average molecular weight is 825 g/mol. The van der Waals surface area contributed by atoms with Crippen molar-refractivity contribution in [2.75, 3.05) is 33.5 Å². The lowest BCUT2D eigenvalue weighted by molar-refractivity contribution is -0.166. The third kappa shape index (κ3) is 11.5. The van der Waals surface area contributed by atoms with Crippen molar-refractivity contribution in [1.82, 2.24) is 14.7 Å². The van der Waals surface area contributed by atoms with Gasteiger partial charge in [0.2, 0.25) is 17.7 Å². The van der Waals surface area contributed by atoms with Gasteiger partial charge in [0.05, 0.1) is 24.3 Å². The molecule has 58 heavy (non-hydrogen) atoms. The van der Waals surface area contributed by atoms with Gasteiger partial charge in [-0.15, -0.1) is 11.8 Å². The third-order valence-corrected chi connectivity index (χ3v) is 13.5. The number of fused-ring (bicyclic) bond motifs is 2. The number of carbonyl (C=O) groups excluding carboxylic acids is 5. The molecular formula is C45H68N4O8S. The van der Waals surface area contributed by atoms with Gasteiger partial charge in [-0.2, -0.15) is 0 Å². The Morgan fingerprint density at radius 2 is 1.62 bits per heavy atom. The summed E-state index contributed by atoms with van der Waals surface area (Å²) in [7, 11) is 4.71. The van der Waals surface area contributed by atoms with Crippen LogP contribution >= 0.6 is 11.8 Å². The Balaban J connectivity index is 1.72. The van der Waals surface area contributed by atoms with Crippen molar-refractivity contribution in [2.24, 2.45) is 34.1 Å². The number of likely N-dealkylation sites (N-methyl/N-ethyl adjacent to an activating group) is 2. The lowest BCUT2D eigenvalue weighted by Gasteiger charge is -2.38. The van der Waals surface area contributed by atoms with Gasteiger partial charge < -0.3 is 29.3 Å². The van der Waals surface area contributed by atoms with Gasteiger partial charge in [-0.25, -0.2) is 4.79 Å². The Kier molecular flexibility index (Phi) is 16.2. The summed E-state index contributed by atoms with van der Waals surface area (Å²) in [5, 5.41) is 12.2. The van der Waals surface area contributed by atoms with Crippen molar-refractivity contribution < 1.29 is 38.6 Å². The number of methoxy groups -OCH3 is 1. The number of aliphatic hydroxyl groups excluding tert-OH is 1. The number of hydrogen-bond acceptors (Lipinski definition) is 10. The number of ether oxygens (including phenoxy) is 2. The average Bonchev–Trinajstić information content (AvgIpc) is 3.86. The van der Waals surface area contributed by atoms with Crippen LogP contribution < -0.4 is 4.74 Å². The number of cyclic esters (lactones) is 1. The van der Waals surface area contributed by atoms with E-state index in [9.17, 15) is 29.1 Å². The van der Waals surface area contributed by atoms with E-state index >= 15 is 0 Å². The van der Waals surface area contributed by atoms with Crippen LogP contribution in [0.3, 0.4) is 0 Å². The second kappa shape index (κ2) is 20.0. The van der Waals surface area contributed by atoms with Crippen molar-refractivity contribution in [3.8, 4) is 5.75 Å². The van der Waals surface area contributed by atoms with Crippen molar-refractivity contribution in [2.45, 2.75) is 137 Å². The van der Waals surface area contributed by atoms with Gasteiger partial charge in [0.25, 0.3) is 0 Å². The minimum absolute atomic E-state index is 0.00602. The second-order valence-electron chi connectivity index (χ2n) is 18.2. The summed E-state index contributed by atoms with van der Waals surface area (Å²) in [5.74, 6) is -1.79. The molecule has 1 aromatic carbocycles. The fourth-order valence-corrected chi connectivity index (χ4v) is 9.40. The molecule has 13 heteroatoms. The van der Waals surface area contributed by atoms with E-state index < -0.39 is 53.5 Å². The number of nitrogens with zero attached hydrogens (tertiary/aromatic N) is 4. The van der Waals surface area contributed by atoms with E-state index in [4.69, 9.17) is 14.5 Å². The number of esters is 1. The number of ketones is 1. The van der Waals surface area contributed by atoms with Gasteiger partial charge in [0.1, 0.15) is 30.0 Å². The summed E-state index contributed by atoms with van der Waals surface area (Å²) < 4.78 is 11.6. The first-order chi connectivity index (χ1) is 27.1. The molecule has 322 valence electrons. The lowest BCUT2D eigenvalue weighted by atomic mass is 9.81. The molecule has 1 unspecified atom stereocenters. The number of benzene rings is 1. The largest absolute Gasteiger partial charge is 0.497 e. The fraction of sp³-hybridized carbons (Fsp3) is 0.689. The van der Waals surface area contributed by atoms with Crippen LogP contribution in [-0.2, 0) is 35.1 Å². The zero-order valence-corrected chi connectivity index (χ0v) is 37.6. The Morgan fingerprint density at radius 3 is 2.22 bits per heavy atom. The van der Waals surface area contributed by atoms with Crippen LogP contribution in [0.5, 0.6) is 5.75 Å². The summed E-state index contributed by atoms with van der Waals surface area (Å²) in [6.07, 6.45) is 2.96. The zero-order chi connectivity index (χ0) is 43.2. The highest BCUT2D eigenvalue weighted by Crippen LogP contribution is 2.34. The Labute approximate surface area is 350 Å². The number of hydrogen-bond donors (Lipinski definition) is 1. The molecule has 1 fully saturated rings. The highest BCUT2D eigenvalue weighted by Gasteiger charge is 2.44. The molecule has 0 aliphatic carbocycles. The minimum atomic E-state index is -0.958. The van der Waals surface area contributed by atoms with E-state index in [-0.39, 0.29) is 54.2 Å². The van der Waals surface area contributed by atoms with Gasteiger partial charge >= 0.3 is 5.97 Å². The van der Waals surface area contributed by atoms with E-state index in [0.29, 0.717) is 49.3 Å². The number of thioether (sulfide) groups is 1. The number of aliphatic hydroxyl groups is 1. The smallest absolute Gasteiger partial charge is 0.329 e. The predicted molar refractivity (Wildman–Crippen MR) is 229 cm³/mol. The summed E-state index contributed by atoms with van der Waals surface area (Å²) in [6.45, 7) is 17.6. The third-order valence-electron chi connectivity index (χ3n) is 12.2. The number of carbonyl (C=O) groups is 5. The van der Waals surface area contributed by atoms with E-state index in [1.165, 1.54) is 9.80 Å². The molecule has 0 radical (unpaired) electrons. The molecule has 3 heterocycles. The molecule has 1 saturated heterocycles. The maximum Gasteiger partial charge on any atom is 0.329 e. The zero-order valence-electron chi connectivity index (χ0n) is 36.8. The van der Waals surface area contributed by atoms with Crippen LogP contribution in [0.4, 0.5) is 0 Å². The quantitative estimate of drug-likeness (QED) is 0.363. The maximum absolute atomic E-state index is 14.4. The van der Waals surface area contributed by atoms with Crippen molar-refractivity contribution >= 4 is 46.3 Å². The number of Topliss-reactive ketones (excluding diaryl/α,β-unsaturated/α-hetero) is 1. The van der Waals surface area contributed by atoms with Crippen molar-refractivity contribution in [1.29, 1.82) is 0 Å². The molecule has 2 bridgehead atoms. The first-order valence-electron chi connectivity index (χ1n) is 20.9. The number of allylic oxidation sites excluding steroid dienone is 1. The SMILES string of the molecule is COc1ccc(C[C@@H]2CC(=O)/C(C)=C/[C@H]3CSC(=N3)[C@@H](C)[C@@H](O)C[C@H](C)C[C@@H](C(C)(C)C)OC(=O)[C@@H]3CCCN3C(=O)C(C(C)C)N(C)C(=O)[C@H](C)N(C)C2=O)cc1. The van der Waals surface area contributed by atoms with Gasteiger partial charge in [-0.3, -0.25) is 24.2 Å². The maximum atomic E-state index is 14.4. The molecule has 1 aromatic rings. The molecule has 4 rings (SSSR count). The highest BCUT2D eigenvalue weighted by atomic mass is 32.2. The van der Waals surface area contributed by atoms with Gasteiger partial charge in [-0.1, -0.05) is 66.7 Å². The molecule has 3 aliphatic heterocycles. The van der Waals surface area contributed by atoms with E-state index in [0.717, 1.165) is 10.6 Å². The molecule has 3 amide bonds. The topological polar surface area (TPSA) is 146 Å². The monoisotopic (exact) mass is 824 g/mol. The number of amides is 3. The molecule has 1 N–H and O–H groups in total. The van der Waals surface area contributed by atoms with Crippen LogP contribution in [0.25, 0.3) is 0 Å². The van der Waals surface area contributed by atoms with Crippen LogP contribution in [0.15, 0.2) is 40.9 Å². The molecule has 3 aliphatic rings. The fourth-order valence-electron chi connectivity index (χ4n) is 8.26. The Bertz CT molecular complexity index is 1700. The highest BCUT2D eigenvalue weighted by molar-refractivity contribution is 8.14. The van der Waals surface area contributed by atoms with Crippen LogP contribution in [0.2, 0.25) is 0 Å². The summed E-state index contributed by atoms with van der Waals surface area (Å²) in [6, 6.07) is 4.43. The van der Waals surface area contributed by atoms with Crippen molar-refractivity contribution in [3.63, 3.8) is 0 Å². The summed E-state index contributed by atoms with van der Waals surface area (Å²) >= 11 is 1.58. The predicted octanol–water partition coefficient (Wildman–Crippen LogP) is 5.98. The molecule has 12 nitrogen and oxygen atoms in total. The first-order valence-corrected chi connectivity index (χ1v) is 21.9. The molecule has 0 aromatic heterocycles. The standard InChI is InChI=1S/C45H68N4O8S/c1-26(2)39-43(54)49-19-13-14-35(49)44(55)57-38(45(7,8)9)21-27(3)20-37(51)29(5)40-46-33(25-58-40)22-28(4)36(50)24-32(23-31-15-17-34(56-12)18-16-31)42(53)47(10)30(6)41(52)48(39)11/h15-18,22,26-27,29-30,32-33,35,37-39,51H,13-14,19-21,23-25H2,1-12H3/b28-22+/t27-,29-,30-,32+,33-,35-,37-,38-,39?/m0/s1. The minimum Gasteiger partial charge on any atom is -0.497 e. The lowest BCUT2D eigenvalue weighted by Crippen LogP contribution is -2.58. The second-order valence-corrected chi connectivity index (χ2v) is 19.3. The van der Waals surface area contributed by atoms with Gasteiger partial charge in [0, 0.05) is 44.6 Å². The van der Waals surface area contributed by atoms with Gasteiger partial charge in [0.15, 0.2) is 5.78 Å². The normalized spacial score (nSPS) is 31.7. The number of rotatable bonds is 4. The van der Waals surface area contributed by atoms with Gasteiger partial charge in [-0.05, 0) is 86.5 Å². The molecule has 9 atom stereocenters. The van der Waals surface area contributed by atoms with Crippen LogP contribution in [0.1, 0.15) is 100.0 Å². The van der Waals surface area contributed by atoms with E-state index in [1.54, 1.807) is 51.7 Å². The summed E-state index contributed by atoms with van der Waals surface area (Å²) in [4.78, 5) is 80.2. The van der Waals surface area contributed by atoms with E-state index in [1.807, 2.05) is 71.9 Å². The molecule has 0 spiro atoms. The Morgan fingerprint density at radius 1 is 0.966 bits per heavy atom. The number of aliphatic imine (C=N–C) groups is 1. The first kappa shape index (κ1) is 47.0. The van der Waals surface area contributed by atoms with Crippen LogP contribution in [-0.4, -0.2) is 124 Å². The van der Waals surface area contributed by atoms with Crippen molar-refractivity contribution in [3.05, 3.63) is 41.5 Å². The Hall–Kier alpha value is -3.71. The molecule has 0 saturated carbocycles. The van der Waals surface area contributed by atoms with E-state index in [2.05, 4.69) is 6.92 Å². The summed E-state index contributed by atoms with van der Waals surface area (Å²) in [5.41, 5.74) is 0.935.